The van der Waals surface area contributed by atoms with Crippen LogP contribution in [0.4, 0.5) is 17.1 Å². The SMILES string of the molecule is CCn1cnc2cc(-c3cc(N(C)CCN4CCCC4)c(C(N)=O)c(N)c3[N+](=O)[O-])cc(OC)c21. The largest absolute Gasteiger partial charge is 0.494 e. The third-order valence-electron chi connectivity index (χ3n) is 6.66. The molecule has 0 radical (unpaired) electrons. The van der Waals surface area contributed by atoms with Gasteiger partial charge < -0.3 is 30.6 Å². The maximum atomic E-state index is 12.4. The summed E-state index contributed by atoms with van der Waals surface area (Å²) in [5, 5.41) is 12.1. The number of primary amides is 1. The molecular formula is C24H31N7O4. The average Bonchev–Trinajstić information content (AvgIpc) is 3.50. The fourth-order valence-corrected chi connectivity index (χ4v) is 4.79. The molecule has 0 atom stereocenters. The van der Waals surface area contributed by atoms with Crippen molar-refractivity contribution in [2.45, 2.75) is 26.3 Å². The summed E-state index contributed by atoms with van der Waals surface area (Å²) >= 11 is 0. The van der Waals surface area contributed by atoms with Crippen LogP contribution >= 0.6 is 0 Å². The highest BCUT2D eigenvalue weighted by Gasteiger charge is 2.30. The van der Waals surface area contributed by atoms with Crippen LogP contribution in [0, 0.1) is 10.1 Å². The van der Waals surface area contributed by atoms with Crippen LogP contribution < -0.4 is 21.1 Å². The summed E-state index contributed by atoms with van der Waals surface area (Å²) in [6.07, 6.45) is 4.04. The molecule has 0 bridgehead atoms. The Balaban J connectivity index is 1.89. The lowest BCUT2D eigenvalue weighted by Crippen LogP contribution is -2.33. The Morgan fingerprint density at radius 3 is 2.60 bits per heavy atom. The molecule has 1 fully saturated rings. The van der Waals surface area contributed by atoms with E-state index in [2.05, 4.69) is 9.88 Å². The number of nitrogens with zero attached hydrogens (tertiary/aromatic N) is 5. The maximum absolute atomic E-state index is 12.4. The van der Waals surface area contributed by atoms with Crippen molar-refractivity contribution in [2.75, 3.05) is 51.0 Å². The second-order valence-corrected chi connectivity index (χ2v) is 8.75. The van der Waals surface area contributed by atoms with Gasteiger partial charge >= 0.3 is 5.69 Å². The van der Waals surface area contributed by atoms with E-state index in [0.29, 0.717) is 35.6 Å². The fraction of sp³-hybridized carbons (Fsp3) is 0.417. The smallest absolute Gasteiger partial charge is 0.300 e. The van der Waals surface area contributed by atoms with Crippen molar-refractivity contribution >= 4 is 34.0 Å². The van der Waals surface area contributed by atoms with Crippen LogP contribution in [0.2, 0.25) is 0 Å². The number of ether oxygens (including phenoxy) is 1. The minimum Gasteiger partial charge on any atom is -0.494 e. The lowest BCUT2D eigenvalue weighted by Gasteiger charge is -2.26. The van der Waals surface area contributed by atoms with Crippen molar-refractivity contribution in [3.8, 4) is 16.9 Å². The lowest BCUT2D eigenvalue weighted by molar-refractivity contribution is -0.383. The van der Waals surface area contributed by atoms with Gasteiger partial charge in [-0.05, 0) is 56.6 Å². The first-order valence-corrected chi connectivity index (χ1v) is 11.6. The number of likely N-dealkylation sites (N-methyl/N-ethyl adjacent to an activating group) is 1. The molecule has 0 saturated carbocycles. The maximum Gasteiger partial charge on any atom is 0.300 e. The number of nitrogens with two attached hydrogens (primary N) is 2. The second-order valence-electron chi connectivity index (χ2n) is 8.75. The predicted octanol–water partition coefficient (Wildman–Crippen LogP) is 2.85. The molecule has 1 amide bonds. The number of anilines is 2. The zero-order chi connectivity index (χ0) is 25.3. The standard InChI is InChI=1S/C24H31N7O4/c1-4-30-14-27-17-11-15(12-19(35-3)23(17)30)16-13-18(28(2)9-10-29-7-5-6-8-29)20(24(26)32)21(25)22(16)31(33)34/h11-14H,4-10,25H2,1-3H3,(H2,26,32). The molecular weight excluding hydrogens is 450 g/mol. The summed E-state index contributed by atoms with van der Waals surface area (Å²) in [6.45, 7) is 6.17. The molecule has 1 saturated heterocycles. The third kappa shape index (κ3) is 4.46. The molecule has 2 heterocycles. The predicted molar refractivity (Wildman–Crippen MR) is 136 cm³/mol. The average molecular weight is 482 g/mol. The number of likely N-dealkylation sites (tertiary alicyclic amines) is 1. The van der Waals surface area contributed by atoms with Crippen molar-refractivity contribution in [3.63, 3.8) is 0 Å². The van der Waals surface area contributed by atoms with E-state index in [9.17, 15) is 14.9 Å². The Morgan fingerprint density at radius 2 is 2.00 bits per heavy atom. The number of hydrogen-bond acceptors (Lipinski definition) is 8. The zero-order valence-electron chi connectivity index (χ0n) is 20.3. The highest BCUT2D eigenvalue weighted by molar-refractivity contribution is 6.08. The number of amides is 1. The van der Waals surface area contributed by atoms with E-state index < -0.39 is 10.8 Å². The summed E-state index contributed by atoms with van der Waals surface area (Å²) in [4.78, 5) is 32.6. The Bertz CT molecular complexity index is 1280. The first-order chi connectivity index (χ1) is 16.8. The van der Waals surface area contributed by atoms with Gasteiger partial charge in [-0.3, -0.25) is 14.9 Å². The monoisotopic (exact) mass is 481 g/mol. The third-order valence-corrected chi connectivity index (χ3v) is 6.66. The summed E-state index contributed by atoms with van der Waals surface area (Å²) < 4.78 is 7.54. The summed E-state index contributed by atoms with van der Waals surface area (Å²) in [7, 11) is 3.38. The fourth-order valence-electron chi connectivity index (χ4n) is 4.79. The van der Waals surface area contributed by atoms with Crippen LogP contribution in [0.1, 0.15) is 30.1 Å². The van der Waals surface area contributed by atoms with E-state index in [-0.39, 0.29) is 22.5 Å². The highest BCUT2D eigenvalue weighted by atomic mass is 16.6. The van der Waals surface area contributed by atoms with E-state index in [4.69, 9.17) is 16.2 Å². The number of aromatic nitrogens is 2. The van der Waals surface area contributed by atoms with Crippen LogP contribution in [0.25, 0.3) is 22.2 Å². The summed E-state index contributed by atoms with van der Waals surface area (Å²) in [6, 6.07) is 5.12. The molecule has 4 N–H and O–H groups in total. The number of rotatable bonds is 9. The number of methoxy groups -OCH3 is 1. The molecule has 11 heteroatoms. The van der Waals surface area contributed by atoms with Crippen LogP contribution in [0.3, 0.4) is 0 Å². The number of imidazole rings is 1. The Labute approximate surface area is 203 Å². The number of hydrogen-bond donors (Lipinski definition) is 2. The number of benzene rings is 2. The van der Waals surface area contributed by atoms with E-state index in [1.807, 2.05) is 23.4 Å². The number of nitro benzene ring substituents is 1. The normalized spacial score (nSPS) is 13.9. The first kappa shape index (κ1) is 24.3. The van der Waals surface area contributed by atoms with Gasteiger partial charge in [0.05, 0.1) is 40.7 Å². The molecule has 11 nitrogen and oxygen atoms in total. The van der Waals surface area contributed by atoms with Crippen molar-refractivity contribution in [2.24, 2.45) is 5.73 Å². The van der Waals surface area contributed by atoms with Gasteiger partial charge in [-0.25, -0.2) is 4.98 Å². The molecule has 1 aliphatic rings. The summed E-state index contributed by atoms with van der Waals surface area (Å²) in [5.74, 6) is -0.275. The molecule has 1 aromatic heterocycles. The van der Waals surface area contributed by atoms with Gasteiger partial charge in [-0.1, -0.05) is 0 Å². The molecule has 0 aliphatic carbocycles. The van der Waals surface area contributed by atoms with Gasteiger partial charge in [-0.2, -0.15) is 0 Å². The molecule has 3 aromatic rings. The number of nitrogen functional groups attached to an aromatic ring is 1. The zero-order valence-corrected chi connectivity index (χ0v) is 20.3. The van der Waals surface area contributed by atoms with Crippen LogP contribution in [0.15, 0.2) is 24.5 Å². The number of fused-ring (bicyclic) bond motifs is 1. The van der Waals surface area contributed by atoms with Gasteiger partial charge in [0.1, 0.15) is 17.0 Å². The van der Waals surface area contributed by atoms with Crippen LogP contribution in [-0.2, 0) is 6.54 Å². The van der Waals surface area contributed by atoms with Crippen molar-refractivity contribution in [3.05, 3.63) is 40.2 Å². The Hall–Kier alpha value is -3.86. The van der Waals surface area contributed by atoms with Gasteiger partial charge in [-0.15, -0.1) is 0 Å². The molecule has 4 rings (SSSR count). The lowest BCUT2D eigenvalue weighted by atomic mass is 9.96. The molecule has 1 aliphatic heterocycles. The van der Waals surface area contributed by atoms with Crippen LogP contribution in [-0.4, -0.2) is 65.6 Å². The van der Waals surface area contributed by atoms with Gasteiger partial charge in [0.2, 0.25) is 0 Å². The highest BCUT2D eigenvalue weighted by Crippen LogP contribution is 2.44. The molecule has 35 heavy (non-hydrogen) atoms. The molecule has 0 spiro atoms. The quantitative estimate of drug-likeness (QED) is 0.269. The van der Waals surface area contributed by atoms with Crippen LogP contribution in [0.5, 0.6) is 5.75 Å². The topological polar surface area (TPSA) is 146 Å². The minimum atomic E-state index is -0.810. The number of nitro groups is 1. The summed E-state index contributed by atoms with van der Waals surface area (Å²) in [5.41, 5.74) is 13.9. The van der Waals surface area contributed by atoms with Gasteiger partial charge in [0.25, 0.3) is 5.91 Å². The van der Waals surface area contributed by atoms with Gasteiger partial charge in [0, 0.05) is 26.7 Å². The Kier molecular flexibility index (Phi) is 6.79. The molecule has 2 aromatic carbocycles. The van der Waals surface area contributed by atoms with Gasteiger partial charge in [0.15, 0.2) is 0 Å². The first-order valence-electron chi connectivity index (χ1n) is 11.6. The number of carbonyl (C=O) groups is 1. The second kappa shape index (κ2) is 9.79. The number of carbonyl (C=O) groups excluding carboxylic acids is 1. The van der Waals surface area contributed by atoms with Crippen molar-refractivity contribution < 1.29 is 14.5 Å². The van der Waals surface area contributed by atoms with Crippen molar-refractivity contribution in [1.29, 1.82) is 0 Å². The van der Waals surface area contributed by atoms with E-state index in [1.54, 1.807) is 31.6 Å². The van der Waals surface area contributed by atoms with E-state index >= 15 is 0 Å². The Morgan fingerprint density at radius 1 is 1.29 bits per heavy atom. The van der Waals surface area contributed by atoms with E-state index in [0.717, 1.165) is 25.2 Å². The minimum absolute atomic E-state index is 0.0484. The number of aryl methyl sites for hydroxylation is 1. The molecule has 186 valence electrons. The van der Waals surface area contributed by atoms with Crippen molar-refractivity contribution in [1.82, 2.24) is 14.5 Å². The van der Waals surface area contributed by atoms with E-state index in [1.165, 1.54) is 12.8 Å². The molecule has 0 unspecified atom stereocenters.